The number of nitrogens with two attached hydrogens (primary N) is 1. The van der Waals surface area contributed by atoms with Crippen LogP contribution in [-0.4, -0.2) is 31.7 Å². The van der Waals surface area contributed by atoms with Gasteiger partial charge in [-0.3, -0.25) is 4.79 Å². The maximum atomic E-state index is 14.1. The van der Waals surface area contributed by atoms with Crippen LogP contribution in [0.3, 0.4) is 0 Å². The number of carbonyl (C=O) groups excluding carboxylic acids is 2. The van der Waals surface area contributed by atoms with Gasteiger partial charge >= 0.3 is 6.03 Å². The Hall–Kier alpha value is -3.29. The minimum absolute atomic E-state index is 0.128. The van der Waals surface area contributed by atoms with Gasteiger partial charge in [-0.15, -0.1) is 0 Å². The number of rotatable bonds is 11. The van der Waals surface area contributed by atoms with E-state index in [0.29, 0.717) is 37.7 Å². The number of urea groups is 1. The Bertz CT molecular complexity index is 860. The summed E-state index contributed by atoms with van der Waals surface area (Å²) >= 11 is 0. The molecule has 0 saturated heterocycles. The first-order valence-corrected chi connectivity index (χ1v) is 9.90. The van der Waals surface area contributed by atoms with Crippen LogP contribution >= 0.6 is 0 Å². The summed E-state index contributed by atoms with van der Waals surface area (Å²) < 4.78 is 25.2. The van der Waals surface area contributed by atoms with Crippen LogP contribution in [0.1, 0.15) is 37.4 Å². The number of carbonyl (C=O) groups is 2. The molecule has 30 heavy (non-hydrogen) atoms. The van der Waals surface area contributed by atoms with Gasteiger partial charge in [-0.2, -0.15) is 0 Å². The summed E-state index contributed by atoms with van der Waals surface area (Å²) in [5, 5.41) is 5.21. The predicted octanol–water partition coefficient (Wildman–Crippen LogP) is 3.08. The molecule has 0 radical (unpaired) electrons. The Morgan fingerprint density at radius 1 is 1.07 bits per heavy atom. The summed E-state index contributed by atoms with van der Waals surface area (Å²) in [6, 6.07) is 9.92. The molecular formula is C22H28FN3O4. The molecule has 2 aromatic rings. The summed E-state index contributed by atoms with van der Waals surface area (Å²) in [5.74, 6) is 0.501. The largest absolute Gasteiger partial charge is 0.490 e. The lowest BCUT2D eigenvalue weighted by Gasteiger charge is -2.18. The Kier molecular flexibility index (Phi) is 8.93. The fraction of sp³-hybridized carbons (Fsp3) is 0.364. The maximum absolute atomic E-state index is 14.1. The highest BCUT2D eigenvalue weighted by molar-refractivity contribution is 5.78. The Balaban J connectivity index is 1.95. The SMILES string of the molecule is CCOc1ccc(CCNC(=O)C[C@@H](NC(N)=O)c2ccccc2F)cc1OCC. The maximum Gasteiger partial charge on any atom is 0.312 e. The number of primary amides is 1. The fourth-order valence-electron chi connectivity index (χ4n) is 3.02. The molecule has 1 atom stereocenters. The number of hydrogen-bond donors (Lipinski definition) is 3. The highest BCUT2D eigenvalue weighted by Crippen LogP contribution is 2.28. The number of halogens is 1. The molecule has 0 bridgehead atoms. The van der Waals surface area contributed by atoms with Crippen LogP contribution in [0.5, 0.6) is 11.5 Å². The summed E-state index contributed by atoms with van der Waals surface area (Å²) in [4.78, 5) is 23.6. The molecule has 7 nitrogen and oxygen atoms in total. The quantitative estimate of drug-likeness (QED) is 0.523. The van der Waals surface area contributed by atoms with Crippen molar-refractivity contribution in [3.63, 3.8) is 0 Å². The smallest absolute Gasteiger partial charge is 0.312 e. The van der Waals surface area contributed by atoms with Crippen molar-refractivity contribution >= 4 is 11.9 Å². The number of nitrogens with one attached hydrogen (secondary N) is 2. The molecule has 0 unspecified atom stereocenters. The average molecular weight is 417 g/mol. The van der Waals surface area contributed by atoms with Gasteiger partial charge in [0.25, 0.3) is 0 Å². The Morgan fingerprint density at radius 3 is 2.43 bits per heavy atom. The van der Waals surface area contributed by atoms with E-state index in [0.717, 1.165) is 5.56 Å². The van der Waals surface area contributed by atoms with E-state index in [1.165, 1.54) is 18.2 Å². The highest BCUT2D eigenvalue weighted by Gasteiger charge is 2.20. The fourth-order valence-corrected chi connectivity index (χ4v) is 3.02. The minimum Gasteiger partial charge on any atom is -0.490 e. The molecule has 2 aromatic carbocycles. The van der Waals surface area contributed by atoms with Crippen LogP contribution in [0.25, 0.3) is 0 Å². The Labute approximate surface area is 175 Å². The zero-order valence-corrected chi connectivity index (χ0v) is 17.2. The second-order valence-electron chi connectivity index (χ2n) is 6.53. The monoisotopic (exact) mass is 417 g/mol. The van der Waals surface area contributed by atoms with Crippen LogP contribution in [0.4, 0.5) is 9.18 Å². The molecule has 0 aliphatic rings. The second kappa shape index (κ2) is 11.6. The van der Waals surface area contributed by atoms with Gasteiger partial charge in [0.2, 0.25) is 5.91 Å². The summed E-state index contributed by atoms with van der Waals surface area (Å²) in [6.07, 6.45) is 0.448. The molecule has 8 heteroatoms. The number of hydrogen-bond acceptors (Lipinski definition) is 4. The van der Waals surface area contributed by atoms with Gasteiger partial charge in [0.15, 0.2) is 11.5 Å². The molecule has 0 aliphatic carbocycles. The van der Waals surface area contributed by atoms with Gasteiger partial charge < -0.3 is 25.8 Å². The summed E-state index contributed by atoms with van der Waals surface area (Å²) in [7, 11) is 0. The van der Waals surface area contributed by atoms with E-state index in [4.69, 9.17) is 15.2 Å². The van der Waals surface area contributed by atoms with E-state index < -0.39 is 17.9 Å². The second-order valence-corrected chi connectivity index (χ2v) is 6.53. The van der Waals surface area contributed by atoms with E-state index in [-0.39, 0.29) is 17.9 Å². The molecule has 0 spiro atoms. The average Bonchev–Trinajstić information content (AvgIpc) is 2.70. The van der Waals surface area contributed by atoms with Gasteiger partial charge in [-0.05, 0) is 44.0 Å². The first kappa shape index (κ1) is 23.0. The van der Waals surface area contributed by atoms with Crippen LogP contribution in [0.2, 0.25) is 0 Å². The predicted molar refractivity (Wildman–Crippen MR) is 112 cm³/mol. The minimum atomic E-state index is -0.848. The molecule has 2 rings (SSSR count). The molecule has 4 N–H and O–H groups in total. The lowest BCUT2D eigenvalue weighted by molar-refractivity contribution is -0.121. The third-order valence-electron chi connectivity index (χ3n) is 4.33. The van der Waals surface area contributed by atoms with Crippen LogP contribution in [0.15, 0.2) is 42.5 Å². The van der Waals surface area contributed by atoms with Gasteiger partial charge in [0, 0.05) is 12.1 Å². The van der Waals surface area contributed by atoms with Gasteiger partial charge in [-0.25, -0.2) is 9.18 Å². The third kappa shape index (κ3) is 6.95. The zero-order valence-electron chi connectivity index (χ0n) is 17.2. The van der Waals surface area contributed by atoms with Gasteiger partial charge in [-0.1, -0.05) is 24.3 Å². The van der Waals surface area contributed by atoms with Crippen molar-refractivity contribution in [1.82, 2.24) is 10.6 Å². The molecule has 3 amide bonds. The van der Waals surface area contributed by atoms with Crippen molar-refractivity contribution in [1.29, 1.82) is 0 Å². The number of benzene rings is 2. The molecule has 0 fully saturated rings. The van der Waals surface area contributed by atoms with Crippen molar-refractivity contribution in [2.45, 2.75) is 32.7 Å². The molecule has 0 saturated carbocycles. The summed E-state index contributed by atoms with van der Waals surface area (Å²) in [5.41, 5.74) is 6.36. The van der Waals surface area contributed by atoms with Crippen molar-refractivity contribution in [3.05, 3.63) is 59.4 Å². The lowest BCUT2D eigenvalue weighted by Crippen LogP contribution is -2.37. The number of amides is 3. The van der Waals surface area contributed by atoms with E-state index in [9.17, 15) is 14.0 Å². The van der Waals surface area contributed by atoms with E-state index in [1.807, 2.05) is 32.0 Å². The Morgan fingerprint density at radius 2 is 1.77 bits per heavy atom. The van der Waals surface area contributed by atoms with Crippen molar-refractivity contribution < 1.29 is 23.5 Å². The van der Waals surface area contributed by atoms with E-state index in [2.05, 4.69) is 10.6 Å². The molecular weight excluding hydrogens is 389 g/mol. The topological polar surface area (TPSA) is 103 Å². The zero-order chi connectivity index (χ0) is 21.9. The molecule has 0 aliphatic heterocycles. The normalized spacial score (nSPS) is 11.4. The van der Waals surface area contributed by atoms with Crippen molar-refractivity contribution in [2.24, 2.45) is 5.73 Å². The van der Waals surface area contributed by atoms with Crippen LogP contribution in [-0.2, 0) is 11.2 Å². The standard InChI is InChI=1S/C22H28FN3O4/c1-3-29-19-10-9-15(13-20(19)30-4-2)11-12-25-21(27)14-18(26-22(24)28)16-7-5-6-8-17(16)23/h5-10,13,18H,3-4,11-12,14H2,1-2H3,(H,25,27)(H3,24,26,28)/t18-/m1/s1. The van der Waals surface area contributed by atoms with E-state index >= 15 is 0 Å². The molecule has 162 valence electrons. The van der Waals surface area contributed by atoms with Crippen molar-refractivity contribution in [3.8, 4) is 11.5 Å². The highest BCUT2D eigenvalue weighted by atomic mass is 19.1. The molecule has 0 aromatic heterocycles. The first-order chi connectivity index (χ1) is 14.4. The van der Waals surface area contributed by atoms with Crippen LogP contribution < -0.4 is 25.8 Å². The van der Waals surface area contributed by atoms with E-state index in [1.54, 1.807) is 6.07 Å². The first-order valence-electron chi connectivity index (χ1n) is 9.90. The lowest BCUT2D eigenvalue weighted by atomic mass is 10.0. The summed E-state index contributed by atoms with van der Waals surface area (Å²) in [6.45, 7) is 5.23. The van der Waals surface area contributed by atoms with Crippen molar-refractivity contribution in [2.75, 3.05) is 19.8 Å². The van der Waals surface area contributed by atoms with Gasteiger partial charge in [0.05, 0.1) is 25.7 Å². The number of ether oxygens (including phenoxy) is 2. The van der Waals surface area contributed by atoms with Crippen LogP contribution in [0, 0.1) is 5.82 Å². The molecule has 0 heterocycles. The third-order valence-corrected chi connectivity index (χ3v) is 4.33. The van der Waals surface area contributed by atoms with Gasteiger partial charge in [0.1, 0.15) is 5.82 Å².